The first-order valence-electron chi connectivity index (χ1n) is 8.06. The van der Waals surface area contributed by atoms with E-state index in [9.17, 15) is 0 Å². The molecular weight excluding hydrogens is 220 g/mol. The lowest BCUT2D eigenvalue weighted by Gasteiger charge is -2.44. The van der Waals surface area contributed by atoms with E-state index in [1.54, 1.807) is 0 Å². The van der Waals surface area contributed by atoms with Gasteiger partial charge in [0.1, 0.15) is 0 Å². The van der Waals surface area contributed by atoms with Gasteiger partial charge in [0.2, 0.25) is 0 Å². The average Bonchev–Trinajstić information content (AvgIpc) is 2.70. The van der Waals surface area contributed by atoms with Crippen LogP contribution in [-0.4, -0.2) is 30.1 Å². The van der Waals surface area contributed by atoms with E-state index in [1.807, 2.05) is 0 Å². The van der Waals surface area contributed by atoms with Crippen LogP contribution in [0.25, 0.3) is 0 Å². The molecule has 18 heavy (non-hydrogen) atoms. The summed E-state index contributed by atoms with van der Waals surface area (Å²) in [6, 6.07) is 1.59. The van der Waals surface area contributed by atoms with Crippen molar-refractivity contribution >= 4 is 0 Å². The van der Waals surface area contributed by atoms with E-state index in [2.05, 4.69) is 25.7 Å². The van der Waals surface area contributed by atoms with Crippen molar-refractivity contribution in [1.82, 2.24) is 4.90 Å². The first-order valence-corrected chi connectivity index (χ1v) is 8.06. The molecule has 2 aliphatic rings. The standard InChI is InChI=1S/C16H32N2/c1-4-15-8-7-14(3)18(15)12-16(11-17)9-5-6-13(2)10-16/h13-15H,4-12,17H2,1-3H3. The molecule has 0 aromatic carbocycles. The summed E-state index contributed by atoms with van der Waals surface area (Å²) in [7, 11) is 0. The Balaban J connectivity index is 2.04. The van der Waals surface area contributed by atoms with Crippen molar-refractivity contribution in [2.45, 2.75) is 77.8 Å². The lowest BCUT2D eigenvalue weighted by molar-refractivity contribution is 0.0633. The van der Waals surface area contributed by atoms with E-state index < -0.39 is 0 Å². The van der Waals surface area contributed by atoms with E-state index in [1.165, 1.54) is 51.5 Å². The number of nitrogens with zero attached hydrogens (tertiary/aromatic N) is 1. The Bertz CT molecular complexity index is 266. The zero-order chi connectivity index (χ0) is 13.2. The van der Waals surface area contributed by atoms with Crippen molar-refractivity contribution in [3.05, 3.63) is 0 Å². The smallest absolute Gasteiger partial charge is 0.00962 e. The Labute approximate surface area is 113 Å². The molecule has 1 saturated heterocycles. The van der Waals surface area contributed by atoms with Crippen LogP contribution in [0.5, 0.6) is 0 Å². The third kappa shape index (κ3) is 2.91. The Morgan fingerprint density at radius 3 is 2.61 bits per heavy atom. The minimum atomic E-state index is 0.420. The van der Waals surface area contributed by atoms with E-state index >= 15 is 0 Å². The summed E-state index contributed by atoms with van der Waals surface area (Å²) in [6.45, 7) is 9.30. The van der Waals surface area contributed by atoms with Crippen LogP contribution in [0.4, 0.5) is 0 Å². The lowest BCUT2D eigenvalue weighted by atomic mass is 9.69. The van der Waals surface area contributed by atoms with E-state index in [-0.39, 0.29) is 0 Å². The maximum absolute atomic E-state index is 6.18. The number of hydrogen-bond acceptors (Lipinski definition) is 2. The fourth-order valence-corrected chi connectivity index (χ4v) is 4.40. The van der Waals surface area contributed by atoms with Gasteiger partial charge in [0.15, 0.2) is 0 Å². The van der Waals surface area contributed by atoms with Crippen molar-refractivity contribution in [1.29, 1.82) is 0 Å². The van der Waals surface area contributed by atoms with Gasteiger partial charge in [0.25, 0.3) is 0 Å². The molecule has 1 aliphatic heterocycles. The number of hydrogen-bond donors (Lipinski definition) is 1. The van der Waals surface area contributed by atoms with Crippen molar-refractivity contribution in [3.63, 3.8) is 0 Å². The first-order chi connectivity index (χ1) is 8.60. The molecule has 2 heteroatoms. The summed E-state index contributed by atoms with van der Waals surface area (Å²) in [4.78, 5) is 2.78. The van der Waals surface area contributed by atoms with Crippen molar-refractivity contribution in [2.75, 3.05) is 13.1 Å². The zero-order valence-electron chi connectivity index (χ0n) is 12.6. The van der Waals surface area contributed by atoms with Crippen LogP contribution in [0, 0.1) is 11.3 Å². The Hall–Kier alpha value is -0.0800. The molecule has 1 saturated carbocycles. The highest BCUT2D eigenvalue weighted by molar-refractivity contribution is 4.94. The molecule has 2 fully saturated rings. The van der Waals surface area contributed by atoms with Crippen molar-refractivity contribution in [2.24, 2.45) is 17.1 Å². The van der Waals surface area contributed by atoms with E-state index in [0.717, 1.165) is 24.5 Å². The molecule has 0 amide bonds. The molecule has 4 unspecified atom stereocenters. The lowest BCUT2D eigenvalue weighted by Crippen LogP contribution is -2.48. The fraction of sp³-hybridized carbons (Fsp3) is 1.00. The molecular formula is C16H32N2. The third-order valence-electron chi connectivity index (χ3n) is 5.56. The number of nitrogens with two attached hydrogens (primary N) is 1. The molecule has 2 nitrogen and oxygen atoms in total. The molecule has 4 atom stereocenters. The van der Waals surface area contributed by atoms with Gasteiger partial charge in [-0.1, -0.05) is 26.7 Å². The maximum atomic E-state index is 6.18. The molecule has 1 aliphatic carbocycles. The largest absolute Gasteiger partial charge is 0.330 e. The van der Waals surface area contributed by atoms with E-state index in [0.29, 0.717) is 5.41 Å². The van der Waals surface area contributed by atoms with Crippen molar-refractivity contribution in [3.8, 4) is 0 Å². The normalized spacial score (nSPS) is 42.3. The molecule has 2 rings (SSSR count). The van der Waals surface area contributed by atoms with Crippen molar-refractivity contribution < 1.29 is 0 Å². The Kier molecular flexibility index (Phi) is 4.71. The van der Waals surface area contributed by atoms with Crippen LogP contribution < -0.4 is 5.73 Å². The van der Waals surface area contributed by atoms with Crippen LogP contribution >= 0.6 is 0 Å². The summed E-state index contributed by atoms with van der Waals surface area (Å²) >= 11 is 0. The zero-order valence-corrected chi connectivity index (χ0v) is 12.6. The molecule has 0 aromatic heterocycles. The molecule has 0 spiro atoms. The van der Waals surface area contributed by atoms with Crippen LogP contribution in [0.15, 0.2) is 0 Å². The minimum Gasteiger partial charge on any atom is -0.330 e. The number of likely N-dealkylation sites (tertiary alicyclic amines) is 1. The van der Waals surface area contributed by atoms with Gasteiger partial charge < -0.3 is 5.73 Å². The molecule has 106 valence electrons. The molecule has 0 radical (unpaired) electrons. The minimum absolute atomic E-state index is 0.420. The first kappa shape index (κ1) is 14.3. The third-order valence-corrected chi connectivity index (χ3v) is 5.56. The predicted molar refractivity (Wildman–Crippen MR) is 78.6 cm³/mol. The summed E-state index contributed by atoms with van der Waals surface area (Å²) in [5, 5.41) is 0. The van der Waals surface area contributed by atoms with E-state index in [4.69, 9.17) is 5.73 Å². The summed E-state index contributed by atoms with van der Waals surface area (Å²) in [6.07, 6.45) is 9.59. The highest BCUT2D eigenvalue weighted by atomic mass is 15.2. The van der Waals surface area contributed by atoms with Gasteiger partial charge in [0.05, 0.1) is 0 Å². The quantitative estimate of drug-likeness (QED) is 0.831. The summed E-state index contributed by atoms with van der Waals surface area (Å²) in [5.74, 6) is 0.875. The predicted octanol–water partition coefficient (Wildman–Crippen LogP) is 3.40. The monoisotopic (exact) mass is 252 g/mol. The Morgan fingerprint density at radius 1 is 1.22 bits per heavy atom. The maximum Gasteiger partial charge on any atom is 0.00962 e. The van der Waals surface area contributed by atoms with Gasteiger partial charge in [0, 0.05) is 18.6 Å². The van der Waals surface area contributed by atoms with Gasteiger partial charge in [-0.15, -0.1) is 0 Å². The summed E-state index contributed by atoms with van der Waals surface area (Å²) < 4.78 is 0. The van der Waals surface area contributed by atoms with Crippen LogP contribution in [0.3, 0.4) is 0 Å². The van der Waals surface area contributed by atoms with Crippen LogP contribution in [-0.2, 0) is 0 Å². The highest BCUT2D eigenvalue weighted by Crippen LogP contribution is 2.41. The Morgan fingerprint density at radius 2 is 2.00 bits per heavy atom. The van der Waals surface area contributed by atoms with Crippen LogP contribution in [0.2, 0.25) is 0 Å². The highest BCUT2D eigenvalue weighted by Gasteiger charge is 2.39. The van der Waals surface area contributed by atoms with Gasteiger partial charge >= 0.3 is 0 Å². The van der Waals surface area contributed by atoms with Gasteiger partial charge in [-0.2, -0.15) is 0 Å². The topological polar surface area (TPSA) is 29.3 Å². The molecule has 0 bridgehead atoms. The van der Waals surface area contributed by atoms with Gasteiger partial charge in [-0.05, 0) is 56.9 Å². The average molecular weight is 252 g/mol. The second kappa shape index (κ2) is 5.92. The van der Waals surface area contributed by atoms with Crippen LogP contribution in [0.1, 0.15) is 65.7 Å². The second-order valence-corrected chi connectivity index (χ2v) is 7.07. The summed E-state index contributed by atoms with van der Waals surface area (Å²) in [5.41, 5.74) is 6.60. The molecule has 1 heterocycles. The second-order valence-electron chi connectivity index (χ2n) is 7.07. The van der Waals surface area contributed by atoms with Gasteiger partial charge in [-0.3, -0.25) is 4.90 Å². The SMILES string of the molecule is CCC1CCC(C)N1CC1(CN)CCCC(C)C1. The molecule has 2 N–H and O–H groups in total. The molecule has 0 aromatic rings. The van der Waals surface area contributed by atoms with Gasteiger partial charge in [-0.25, -0.2) is 0 Å². The number of rotatable bonds is 4. The fourth-order valence-electron chi connectivity index (χ4n) is 4.40.